The molecule has 0 aliphatic carbocycles. The van der Waals surface area contributed by atoms with Crippen LogP contribution in [-0.4, -0.2) is 53.0 Å². The van der Waals surface area contributed by atoms with Gasteiger partial charge in [0.2, 0.25) is 0 Å². The number of ketones is 1. The van der Waals surface area contributed by atoms with Gasteiger partial charge in [-0.2, -0.15) is 0 Å². The first-order valence-corrected chi connectivity index (χ1v) is 9.25. The number of aromatic hydroxyl groups is 1. The SMILES string of the molecule is CCOc1cc([C@@H]2C(=C(O)c3ccccc3)C(=O)C(=O)N2CC(=O)OC)ccc1O. The predicted octanol–water partition coefficient (Wildman–Crippen LogP) is 2.39. The van der Waals surface area contributed by atoms with E-state index in [1.54, 1.807) is 37.3 Å². The number of amides is 1. The number of carbonyl (C=O) groups is 3. The summed E-state index contributed by atoms with van der Waals surface area (Å²) in [5.41, 5.74) is 0.572. The highest BCUT2D eigenvalue weighted by molar-refractivity contribution is 6.46. The quantitative estimate of drug-likeness (QED) is 0.325. The van der Waals surface area contributed by atoms with Gasteiger partial charge in [0.05, 0.1) is 25.3 Å². The second-order valence-corrected chi connectivity index (χ2v) is 6.53. The molecule has 0 spiro atoms. The topological polar surface area (TPSA) is 113 Å². The van der Waals surface area contributed by atoms with Crippen LogP contribution < -0.4 is 4.74 Å². The smallest absolute Gasteiger partial charge is 0.325 e. The van der Waals surface area contributed by atoms with E-state index < -0.39 is 30.2 Å². The molecule has 2 N–H and O–H groups in total. The molecule has 0 radical (unpaired) electrons. The first-order chi connectivity index (χ1) is 14.4. The molecule has 8 nitrogen and oxygen atoms in total. The summed E-state index contributed by atoms with van der Waals surface area (Å²) in [6, 6.07) is 11.6. The lowest BCUT2D eigenvalue weighted by Gasteiger charge is -2.24. The van der Waals surface area contributed by atoms with Crippen molar-refractivity contribution >= 4 is 23.4 Å². The van der Waals surface area contributed by atoms with Crippen molar-refractivity contribution in [3.63, 3.8) is 0 Å². The number of benzene rings is 2. The molecule has 1 amide bonds. The number of rotatable bonds is 6. The van der Waals surface area contributed by atoms with Gasteiger partial charge in [0.25, 0.3) is 11.7 Å². The number of hydrogen-bond donors (Lipinski definition) is 2. The maximum atomic E-state index is 12.8. The number of likely N-dealkylation sites (tertiary alicyclic amines) is 1. The van der Waals surface area contributed by atoms with Crippen molar-refractivity contribution < 1.29 is 34.1 Å². The fraction of sp³-hybridized carbons (Fsp3) is 0.227. The van der Waals surface area contributed by atoms with E-state index in [0.29, 0.717) is 11.1 Å². The minimum atomic E-state index is -1.07. The first kappa shape index (κ1) is 20.9. The van der Waals surface area contributed by atoms with Crippen LogP contribution in [0.5, 0.6) is 11.5 Å². The number of aliphatic hydroxyl groups is 1. The predicted molar refractivity (Wildman–Crippen MR) is 107 cm³/mol. The third-order valence-corrected chi connectivity index (χ3v) is 4.71. The Kier molecular flexibility index (Phi) is 6.06. The third-order valence-electron chi connectivity index (χ3n) is 4.71. The van der Waals surface area contributed by atoms with E-state index in [9.17, 15) is 24.6 Å². The first-order valence-electron chi connectivity index (χ1n) is 9.25. The number of aliphatic hydroxyl groups excluding tert-OH is 1. The highest BCUT2D eigenvalue weighted by Gasteiger charge is 2.47. The van der Waals surface area contributed by atoms with E-state index in [-0.39, 0.29) is 29.4 Å². The largest absolute Gasteiger partial charge is 0.507 e. The van der Waals surface area contributed by atoms with Crippen molar-refractivity contribution in [3.05, 3.63) is 65.2 Å². The van der Waals surface area contributed by atoms with Crippen LogP contribution in [0.3, 0.4) is 0 Å². The second kappa shape index (κ2) is 8.69. The highest BCUT2D eigenvalue weighted by Crippen LogP contribution is 2.41. The summed E-state index contributed by atoms with van der Waals surface area (Å²) in [6.45, 7) is 1.54. The van der Waals surface area contributed by atoms with Crippen LogP contribution in [0.2, 0.25) is 0 Å². The average Bonchev–Trinajstić information content (AvgIpc) is 3.00. The Morgan fingerprint density at radius 2 is 1.83 bits per heavy atom. The van der Waals surface area contributed by atoms with E-state index in [4.69, 9.17) is 4.74 Å². The summed E-state index contributed by atoms with van der Waals surface area (Å²) in [7, 11) is 1.17. The van der Waals surface area contributed by atoms with Crippen LogP contribution in [0.15, 0.2) is 54.1 Å². The van der Waals surface area contributed by atoms with Gasteiger partial charge in [-0.25, -0.2) is 0 Å². The summed E-state index contributed by atoms with van der Waals surface area (Å²) >= 11 is 0. The fourth-order valence-electron chi connectivity index (χ4n) is 3.32. The van der Waals surface area contributed by atoms with Crippen LogP contribution >= 0.6 is 0 Å². The summed E-state index contributed by atoms with van der Waals surface area (Å²) in [4.78, 5) is 38.5. The van der Waals surface area contributed by atoms with Crippen LogP contribution in [0, 0.1) is 0 Å². The Morgan fingerprint density at radius 1 is 1.13 bits per heavy atom. The summed E-state index contributed by atoms with van der Waals surface area (Å²) < 4.78 is 10.1. The Balaban J connectivity index is 2.20. The minimum absolute atomic E-state index is 0.117. The Labute approximate surface area is 173 Å². The molecule has 1 saturated heterocycles. The summed E-state index contributed by atoms with van der Waals surface area (Å²) in [5.74, 6) is -2.90. The molecule has 0 unspecified atom stereocenters. The van der Waals surface area contributed by atoms with Crippen molar-refractivity contribution in [2.24, 2.45) is 0 Å². The number of ether oxygens (including phenoxy) is 2. The molecule has 1 fully saturated rings. The Hall–Kier alpha value is -3.81. The molecule has 1 aliphatic heterocycles. The molecular weight excluding hydrogens is 390 g/mol. The van der Waals surface area contributed by atoms with Gasteiger partial charge >= 0.3 is 5.97 Å². The second-order valence-electron chi connectivity index (χ2n) is 6.53. The van der Waals surface area contributed by atoms with E-state index in [2.05, 4.69) is 4.74 Å². The molecular formula is C22H21NO7. The molecule has 1 atom stereocenters. The molecule has 3 rings (SSSR count). The van der Waals surface area contributed by atoms with E-state index in [1.165, 1.54) is 25.3 Å². The number of Topliss-reactive ketones (excluding diaryl/α,β-unsaturated/α-hetero) is 1. The van der Waals surface area contributed by atoms with Crippen LogP contribution in [-0.2, 0) is 19.1 Å². The van der Waals surface area contributed by atoms with Crippen LogP contribution in [0.1, 0.15) is 24.1 Å². The van der Waals surface area contributed by atoms with Gasteiger partial charge in [0, 0.05) is 5.56 Å². The fourth-order valence-corrected chi connectivity index (χ4v) is 3.32. The lowest BCUT2D eigenvalue weighted by atomic mass is 9.95. The standard InChI is InChI=1S/C22H21NO7/c1-3-30-16-11-14(9-10-15(16)24)19-18(20(26)13-7-5-4-6-8-13)21(27)22(28)23(19)12-17(25)29-2/h4-11,19,24,26H,3,12H2,1-2H3/t19-/m1/s1. The number of hydrogen-bond acceptors (Lipinski definition) is 7. The summed E-state index contributed by atoms with van der Waals surface area (Å²) in [5, 5.41) is 20.9. The number of phenols is 1. The van der Waals surface area contributed by atoms with Crippen molar-refractivity contribution in [1.82, 2.24) is 4.90 Å². The molecule has 1 heterocycles. The van der Waals surface area contributed by atoms with Crippen LogP contribution in [0.4, 0.5) is 0 Å². The minimum Gasteiger partial charge on any atom is -0.507 e. The van der Waals surface area contributed by atoms with Gasteiger partial charge in [0.1, 0.15) is 12.3 Å². The van der Waals surface area contributed by atoms with Crippen molar-refractivity contribution in [2.75, 3.05) is 20.3 Å². The zero-order valence-corrected chi connectivity index (χ0v) is 16.5. The normalized spacial score (nSPS) is 17.8. The monoisotopic (exact) mass is 411 g/mol. The zero-order chi connectivity index (χ0) is 21.8. The Bertz CT molecular complexity index is 1010. The van der Waals surface area contributed by atoms with Gasteiger partial charge < -0.3 is 24.6 Å². The summed E-state index contributed by atoms with van der Waals surface area (Å²) in [6.07, 6.45) is 0. The van der Waals surface area contributed by atoms with E-state index in [0.717, 1.165) is 4.90 Å². The molecule has 0 aromatic heterocycles. The molecule has 8 heteroatoms. The number of phenolic OH excluding ortho intramolecular Hbond substituents is 1. The highest BCUT2D eigenvalue weighted by atomic mass is 16.5. The zero-order valence-electron chi connectivity index (χ0n) is 16.5. The molecule has 2 aromatic carbocycles. The lowest BCUT2D eigenvalue weighted by Crippen LogP contribution is -2.35. The molecule has 0 bridgehead atoms. The average molecular weight is 411 g/mol. The molecule has 2 aromatic rings. The molecule has 0 saturated carbocycles. The van der Waals surface area contributed by atoms with Gasteiger partial charge in [-0.1, -0.05) is 36.4 Å². The molecule has 30 heavy (non-hydrogen) atoms. The third kappa shape index (κ3) is 3.84. The van der Waals surface area contributed by atoms with Crippen molar-refractivity contribution in [2.45, 2.75) is 13.0 Å². The van der Waals surface area contributed by atoms with Gasteiger partial charge in [-0.15, -0.1) is 0 Å². The van der Waals surface area contributed by atoms with E-state index in [1.807, 2.05) is 0 Å². The van der Waals surface area contributed by atoms with E-state index >= 15 is 0 Å². The number of carbonyl (C=O) groups excluding carboxylic acids is 3. The maximum absolute atomic E-state index is 12.8. The van der Waals surface area contributed by atoms with Crippen molar-refractivity contribution in [3.8, 4) is 11.5 Å². The Morgan fingerprint density at radius 3 is 2.47 bits per heavy atom. The van der Waals surface area contributed by atoms with Gasteiger partial charge in [0.15, 0.2) is 11.5 Å². The number of methoxy groups -OCH3 is 1. The maximum Gasteiger partial charge on any atom is 0.325 e. The van der Waals surface area contributed by atoms with Gasteiger partial charge in [-0.05, 0) is 24.6 Å². The number of esters is 1. The van der Waals surface area contributed by atoms with Crippen LogP contribution in [0.25, 0.3) is 5.76 Å². The lowest BCUT2D eigenvalue weighted by molar-refractivity contribution is -0.148. The number of nitrogens with zero attached hydrogens (tertiary/aromatic N) is 1. The van der Waals surface area contributed by atoms with Crippen molar-refractivity contribution in [1.29, 1.82) is 0 Å². The molecule has 1 aliphatic rings. The molecule has 156 valence electrons. The van der Waals surface area contributed by atoms with Gasteiger partial charge in [-0.3, -0.25) is 14.4 Å².